The second-order valence-electron chi connectivity index (χ2n) is 6.10. The fraction of sp³-hybridized carbons (Fsp3) is 1.00. The fourth-order valence-corrected chi connectivity index (χ4v) is 2.27. The highest BCUT2D eigenvalue weighted by molar-refractivity contribution is 4.90. The minimum Gasteiger partial charge on any atom is -0.379 e. The Morgan fingerprint density at radius 2 is 1.94 bits per heavy atom. The van der Waals surface area contributed by atoms with Crippen molar-refractivity contribution in [2.45, 2.75) is 70.5 Å². The number of rotatable bonds is 10. The summed E-state index contributed by atoms with van der Waals surface area (Å²) in [6.45, 7) is 9.46. The van der Waals surface area contributed by atoms with Gasteiger partial charge in [-0.3, -0.25) is 0 Å². The molecular formula is C15H31NO2. The predicted octanol–water partition coefficient (Wildman–Crippen LogP) is 3.13. The highest BCUT2D eigenvalue weighted by Gasteiger charge is 2.37. The Morgan fingerprint density at radius 1 is 1.22 bits per heavy atom. The maximum absolute atomic E-state index is 6.16. The molecule has 1 aliphatic rings. The van der Waals surface area contributed by atoms with Crippen LogP contribution in [0.3, 0.4) is 0 Å². The van der Waals surface area contributed by atoms with Crippen molar-refractivity contribution in [3.05, 3.63) is 0 Å². The van der Waals surface area contributed by atoms with E-state index in [1.54, 1.807) is 7.11 Å². The topological polar surface area (TPSA) is 30.5 Å². The number of methoxy groups -OCH3 is 1. The van der Waals surface area contributed by atoms with Crippen LogP contribution in [0.15, 0.2) is 0 Å². The summed E-state index contributed by atoms with van der Waals surface area (Å²) >= 11 is 0. The van der Waals surface area contributed by atoms with Gasteiger partial charge >= 0.3 is 0 Å². The van der Waals surface area contributed by atoms with Crippen molar-refractivity contribution in [2.24, 2.45) is 0 Å². The van der Waals surface area contributed by atoms with Crippen molar-refractivity contribution in [2.75, 3.05) is 26.8 Å². The largest absolute Gasteiger partial charge is 0.379 e. The molecule has 0 radical (unpaired) electrons. The Hall–Kier alpha value is -0.120. The normalized spacial score (nSPS) is 18.7. The lowest BCUT2D eigenvalue weighted by Gasteiger charge is -2.42. The Kier molecular flexibility index (Phi) is 6.61. The van der Waals surface area contributed by atoms with E-state index in [-0.39, 0.29) is 11.2 Å². The van der Waals surface area contributed by atoms with E-state index in [1.165, 1.54) is 25.7 Å². The Morgan fingerprint density at radius 3 is 2.44 bits per heavy atom. The molecule has 0 bridgehead atoms. The second kappa shape index (κ2) is 7.46. The van der Waals surface area contributed by atoms with Gasteiger partial charge in [-0.15, -0.1) is 0 Å². The van der Waals surface area contributed by atoms with Crippen LogP contribution in [0.1, 0.15) is 59.3 Å². The zero-order chi connectivity index (χ0) is 13.5. The van der Waals surface area contributed by atoms with Crippen LogP contribution >= 0.6 is 0 Å². The van der Waals surface area contributed by atoms with E-state index in [9.17, 15) is 0 Å². The summed E-state index contributed by atoms with van der Waals surface area (Å²) in [5.41, 5.74) is 0.107. The van der Waals surface area contributed by atoms with Crippen LogP contribution in [0.25, 0.3) is 0 Å². The van der Waals surface area contributed by atoms with Gasteiger partial charge in [0, 0.05) is 7.11 Å². The fourth-order valence-electron chi connectivity index (χ4n) is 2.27. The van der Waals surface area contributed by atoms with E-state index in [2.05, 4.69) is 26.1 Å². The quantitative estimate of drug-likeness (QED) is 0.610. The van der Waals surface area contributed by atoms with Gasteiger partial charge in [-0.1, -0.05) is 6.92 Å². The van der Waals surface area contributed by atoms with Crippen LogP contribution in [-0.2, 0) is 9.47 Å². The SMILES string of the molecule is CCCNCCC1(OCCC(C)(C)OC)CCC1. The average molecular weight is 257 g/mol. The van der Waals surface area contributed by atoms with Gasteiger partial charge in [0.25, 0.3) is 0 Å². The summed E-state index contributed by atoms with van der Waals surface area (Å²) in [6, 6.07) is 0. The number of nitrogens with one attached hydrogen (secondary N) is 1. The molecule has 0 spiro atoms. The summed E-state index contributed by atoms with van der Waals surface area (Å²) in [5.74, 6) is 0. The molecule has 18 heavy (non-hydrogen) atoms. The average Bonchev–Trinajstić information content (AvgIpc) is 2.30. The van der Waals surface area contributed by atoms with Gasteiger partial charge in [0.15, 0.2) is 0 Å². The van der Waals surface area contributed by atoms with Gasteiger partial charge < -0.3 is 14.8 Å². The highest BCUT2D eigenvalue weighted by Crippen LogP contribution is 2.38. The van der Waals surface area contributed by atoms with E-state index >= 15 is 0 Å². The molecule has 0 aromatic rings. The minimum atomic E-state index is -0.0641. The van der Waals surface area contributed by atoms with Crippen LogP contribution in [0.2, 0.25) is 0 Å². The Labute approximate surface area is 113 Å². The lowest BCUT2D eigenvalue weighted by molar-refractivity contribution is -0.119. The zero-order valence-corrected chi connectivity index (χ0v) is 12.7. The molecule has 0 saturated heterocycles. The van der Waals surface area contributed by atoms with E-state index in [0.717, 1.165) is 32.5 Å². The zero-order valence-electron chi connectivity index (χ0n) is 12.7. The number of hydrogen-bond acceptors (Lipinski definition) is 3. The first-order valence-electron chi connectivity index (χ1n) is 7.43. The van der Waals surface area contributed by atoms with E-state index < -0.39 is 0 Å². The monoisotopic (exact) mass is 257 g/mol. The molecule has 3 heteroatoms. The molecule has 1 fully saturated rings. The summed E-state index contributed by atoms with van der Waals surface area (Å²) < 4.78 is 11.6. The Bertz CT molecular complexity index is 225. The molecule has 1 saturated carbocycles. The van der Waals surface area contributed by atoms with Gasteiger partial charge in [-0.25, -0.2) is 0 Å². The summed E-state index contributed by atoms with van der Waals surface area (Å²) in [5, 5.41) is 3.47. The van der Waals surface area contributed by atoms with E-state index in [0.29, 0.717) is 0 Å². The van der Waals surface area contributed by atoms with Gasteiger partial charge in [0.2, 0.25) is 0 Å². The molecule has 3 nitrogen and oxygen atoms in total. The summed E-state index contributed by atoms with van der Waals surface area (Å²) in [6.07, 6.45) is 7.10. The van der Waals surface area contributed by atoms with E-state index in [1.807, 2.05) is 0 Å². The van der Waals surface area contributed by atoms with Crippen molar-refractivity contribution in [1.82, 2.24) is 5.32 Å². The molecule has 108 valence electrons. The van der Waals surface area contributed by atoms with Crippen LogP contribution < -0.4 is 5.32 Å². The number of hydrogen-bond donors (Lipinski definition) is 1. The smallest absolute Gasteiger partial charge is 0.0694 e. The van der Waals surface area contributed by atoms with E-state index in [4.69, 9.17) is 9.47 Å². The first-order valence-corrected chi connectivity index (χ1v) is 7.43. The van der Waals surface area contributed by atoms with Crippen molar-refractivity contribution in [1.29, 1.82) is 0 Å². The predicted molar refractivity (Wildman–Crippen MR) is 76.0 cm³/mol. The summed E-state index contributed by atoms with van der Waals surface area (Å²) in [7, 11) is 1.77. The third-order valence-electron chi connectivity index (χ3n) is 4.11. The van der Waals surface area contributed by atoms with Gasteiger partial charge in [-0.2, -0.15) is 0 Å². The van der Waals surface area contributed by atoms with Crippen molar-refractivity contribution < 1.29 is 9.47 Å². The van der Waals surface area contributed by atoms with Crippen LogP contribution in [-0.4, -0.2) is 38.0 Å². The standard InChI is InChI=1S/C15H31NO2/c1-5-11-16-12-9-15(7-6-8-15)18-13-10-14(2,3)17-4/h16H,5-13H2,1-4H3. The lowest BCUT2D eigenvalue weighted by atomic mass is 9.77. The molecule has 0 atom stereocenters. The molecule has 1 aliphatic carbocycles. The van der Waals surface area contributed by atoms with Gasteiger partial charge in [0.1, 0.15) is 0 Å². The molecule has 1 rings (SSSR count). The lowest BCUT2D eigenvalue weighted by Crippen LogP contribution is -2.43. The van der Waals surface area contributed by atoms with Gasteiger partial charge in [-0.05, 0) is 65.5 Å². The highest BCUT2D eigenvalue weighted by atomic mass is 16.5. The molecular weight excluding hydrogens is 226 g/mol. The third-order valence-corrected chi connectivity index (χ3v) is 4.11. The maximum atomic E-state index is 6.16. The van der Waals surface area contributed by atoms with Crippen molar-refractivity contribution in [3.8, 4) is 0 Å². The first-order chi connectivity index (χ1) is 8.54. The second-order valence-corrected chi connectivity index (χ2v) is 6.10. The van der Waals surface area contributed by atoms with Crippen LogP contribution in [0, 0.1) is 0 Å². The number of ether oxygens (including phenoxy) is 2. The molecule has 1 N–H and O–H groups in total. The first kappa shape index (κ1) is 15.9. The minimum absolute atomic E-state index is 0.0641. The third kappa shape index (κ3) is 5.25. The Balaban J connectivity index is 2.20. The molecule has 0 aliphatic heterocycles. The molecule has 0 unspecified atom stereocenters. The maximum Gasteiger partial charge on any atom is 0.0694 e. The summed E-state index contributed by atoms with van der Waals surface area (Å²) in [4.78, 5) is 0. The molecule has 0 aromatic carbocycles. The van der Waals surface area contributed by atoms with Crippen LogP contribution in [0.4, 0.5) is 0 Å². The van der Waals surface area contributed by atoms with Crippen molar-refractivity contribution >= 4 is 0 Å². The molecule has 0 heterocycles. The molecule has 0 aromatic heterocycles. The van der Waals surface area contributed by atoms with Gasteiger partial charge in [0.05, 0.1) is 17.8 Å². The van der Waals surface area contributed by atoms with Crippen molar-refractivity contribution in [3.63, 3.8) is 0 Å². The molecule has 0 amide bonds. The van der Waals surface area contributed by atoms with Crippen LogP contribution in [0.5, 0.6) is 0 Å².